The fraction of sp³-hybridized carbons (Fsp3) is 0.562. The average molecular weight is 416 g/mol. The smallest absolute Gasteiger partial charge is 0.405 e. The van der Waals surface area contributed by atoms with E-state index in [4.69, 9.17) is 16.3 Å². The first kappa shape index (κ1) is 22.8. The number of piperazine rings is 1. The van der Waals surface area contributed by atoms with Crippen LogP contribution in [0.1, 0.15) is 6.92 Å². The molecule has 1 amide bonds. The van der Waals surface area contributed by atoms with Gasteiger partial charge in [-0.05, 0) is 19.1 Å². The number of amides is 1. The molecular weight excluding hydrogens is 394 g/mol. The van der Waals surface area contributed by atoms with E-state index in [1.165, 1.54) is 11.8 Å². The van der Waals surface area contributed by atoms with Crippen molar-refractivity contribution in [1.82, 2.24) is 15.5 Å². The Morgan fingerprint density at radius 2 is 1.96 bits per heavy atom. The van der Waals surface area contributed by atoms with Crippen LogP contribution >= 0.6 is 24.0 Å². The van der Waals surface area contributed by atoms with Crippen molar-refractivity contribution in [1.29, 1.82) is 0 Å². The van der Waals surface area contributed by atoms with Gasteiger partial charge >= 0.3 is 6.18 Å². The number of para-hydroxylation sites is 1. The van der Waals surface area contributed by atoms with Crippen LogP contribution in [0.4, 0.5) is 13.2 Å². The van der Waals surface area contributed by atoms with Crippen LogP contribution in [0.3, 0.4) is 0 Å². The van der Waals surface area contributed by atoms with E-state index in [2.05, 4.69) is 10.6 Å². The number of rotatable bonds is 6. The maximum atomic E-state index is 13.3. The van der Waals surface area contributed by atoms with Crippen molar-refractivity contribution >= 4 is 29.9 Å². The van der Waals surface area contributed by atoms with Crippen molar-refractivity contribution < 1.29 is 22.7 Å². The molecule has 1 fully saturated rings. The number of carbonyl (C=O) groups excluding carboxylic acids is 1. The highest BCUT2D eigenvalue weighted by molar-refractivity contribution is 6.32. The van der Waals surface area contributed by atoms with Gasteiger partial charge in [0.1, 0.15) is 11.8 Å². The topological polar surface area (TPSA) is 53.6 Å². The van der Waals surface area contributed by atoms with Crippen LogP contribution in [0.5, 0.6) is 5.75 Å². The first-order chi connectivity index (χ1) is 11.8. The molecule has 1 aliphatic rings. The van der Waals surface area contributed by atoms with E-state index in [0.29, 0.717) is 23.9 Å². The van der Waals surface area contributed by atoms with Crippen molar-refractivity contribution in [2.45, 2.75) is 25.2 Å². The molecule has 26 heavy (non-hydrogen) atoms. The maximum Gasteiger partial charge on any atom is 0.405 e. The van der Waals surface area contributed by atoms with Gasteiger partial charge in [0.2, 0.25) is 0 Å². The van der Waals surface area contributed by atoms with E-state index >= 15 is 0 Å². The molecule has 0 spiro atoms. The van der Waals surface area contributed by atoms with E-state index in [1.807, 2.05) is 0 Å². The molecule has 2 atom stereocenters. The third-order valence-corrected chi connectivity index (χ3v) is 4.26. The SMILES string of the molecule is CC(Oc1ccccc1Cl)C(=O)NCC(N1CCNCC1)C(F)(F)F.Cl. The van der Waals surface area contributed by atoms with Gasteiger partial charge in [-0.2, -0.15) is 13.2 Å². The largest absolute Gasteiger partial charge is 0.479 e. The van der Waals surface area contributed by atoms with E-state index in [9.17, 15) is 18.0 Å². The van der Waals surface area contributed by atoms with Crippen LogP contribution < -0.4 is 15.4 Å². The Balaban J connectivity index is 0.00000338. The molecule has 5 nitrogen and oxygen atoms in total. The molecule has 0 aliphatic carbocycles. The van der Waals surface area contributed by atoms with Crippen molar-refractivity contribution in [3.63, 3.8) is 0 Å². The standard InChI is InChI=1S/C16H21ClF3N3O2.ClH/c1-11(25-13-5-3-2-4-12(13)17)15(24)22-10-14(16(18,19)20)23-8-6-21-7-9-23;/h2-5,11,14,21H,6-10H2,1H3,(H,22,24);1H. The Bertz CT molecular complexity index is 584. The van der Waals surface area contributed by atoms with Crippen molar-refractivity contribution in [2.24, 2.45) is 0 Å². The molecule has 1 heterocycles. The lowest BCUT2D eigenvalue weighted by molar-refractivity contribution is -0.184. The summed E-state index contributed by atoms with van der Waals surface area (Å²) in [7, 11) is 0. The molecule has 2 rings (SSSR count). The second kappa shape index (κ2) is 10.2. The second-order valence-electron chi connectivity index (χ2n) is 5.78. The van der Waals surface area contributed by atoms with Crippen LogP contribution in [0.25, 0.3) is 0 Å². The molecule has 2 unspecified atom stereocenters. The molecule has 1 aliphatic heterocycles. The van der Waals surface area contributed by atoms with E-state index < -0.39 is 30.8 Å². The molecule has 0 aromatic heterocycles. The van der Waals surface area contributed by atoms with Gasteiger partial charge in [-0.15, -0.1) is 12.4 Å². The van der Waals surface area contributed by atoms with Gasteiger partial charge in [0.15, 0.2) is 6.10 Å². The number of benzene rings is 1. The number of alkyl halides is 3. The van der Waals surface area contributed by atoms with Crippen molar-refractivity contribution in [3.05, 3.63) is 29.3 Å². The third kappa shape index (κ3) is 6.50. The van der Waals surface area contributed by atoms with Crippen LogP contribution in [0.2, 0.25) is 5.02 Å². The number of carbonyl (C=O) groups is 1. The average Bonchev–Trinajstić information content (AvgIpc) is 2.56. The number of hydrogen-bond donors (Lipinski definition) is 2. The number of nitrogens with zero attached hydrogens (tertiary/aromatic N) is 1. The number of nitrogens with one attached hydrogen (secondary N) is 2. The fourth-order valence-corrected chi connectivity index (χ4v) is 2.75. The lowest BCUT2D eigenvalue weighted by Gasteiger charge is -2.36. The number of hydrogen-bond acceptors (Lipinski definition) is 4. The molecule has 1 saturated heterocycles. The lowest BCUT2D eigenvalue weighted by atomic mass is 10.2. The van der Waals surface area contributed by atoms with Gasteiger partial charge in [-0.25, -0.2) is 0 Å². The molecular formula is C16H22Cl2F3N3O2. The summed E-state index contributed by atoms with van der Waals surface area (Å²) in [6.45, 7) is 2.50. The summed E-state index contributed by atoms with van der Waals surface area (Å²) in [5.74, 6) is -0.314. The zero-order valence-electron chi connectivity index (χ0n) is 14.2. The monoisotopic (exact) mass is 415 g/mol. The highest BCUT2D eigenvalue weighted by Crippen LogP contribution is 2.26. The van der Waals surface area contributed by atoms with Gasteiger partial charge in [0, 0.05) is 32.7 Å². The predicted octanol–water partition coefficient (Wildman–Crippen LogP) is 2.48. The van der Waals surface area contributed by atoms with Crippen LogP contribution in [-0.2, 0) is 4.79 Å². The van der Waals surface area contributed by atoms with Gasteiger partial charge < -0.3 is 15.4 Å². The summed E-state index contributed by atoms with van der Waals surface area (Å²) in [6, 6.07) is 4.87. The zero-order chi connectivity index (χ0) is 18.4. The Kier molecular flexibility index (Phi) is 8.95. The molecule has 10 heteroatoms. The Hall–Kier alpha value is -1.22. The van der Waals surface area contributed by atoms with Gasteiger partial charge in [-0.3, -0.25) is 9.69 Å². The minimum absolute atomic E-state index is 0. The predicted molar refractivity (Wildman–Crippen MR) is 96.1 cm³/mol. The molecule has 2 N–H and O–H groups in total. The van der Waals surface area contributed by atoms with E-state index in [0.717, 1.165) is 0 Å². The Morgan fingerprint density at radius 3 is 2.54 bits per heavy atom. The Morgan fingerprint density at radius 1 is 1.35 bits per heavy atom. The van der Waals surface area contributed by atoms with E-state index in [-0.39, 0.29) is 25.5 Å². The lowest BCUT2D eigenvalue weighted by Crippen LogP contribution is -2.58. The fourth-order valence-electron chi connectivity index (χ4n) is 2.57. The molecule has 0 radical (unpaired) electrons. The number of ether oxygens (including phenoxy) is 1. The summed E-state index contributed by atoms with van der Waals surface area (Å²) in [4.78, 5) is 13.4. The van der Waals surface area contributed by atoms with Crippen LogP contribution in [0, 0.1) is 0 Å². The normalized spacial score (nSPS) is 17.7. The molecule has 0 bridgehead atoms. The summed E-state index contributed by atoms with van der Waals surface area (Å²) in [5.41, 5.74) is 0. The Labute approximate surface area is 161 Å². The quantitative estimate of drug-likeness (QED) is 0.749. The second-order valence-corrected chi connectivity index (χ2v) is 6.19. The van der Waals surface area contributed by atoms with Crippen molar-refractivity contribution in [2.75, 3.05) is 32.7 Å². The minimum Gasteiger partial charge on any atom is -0.479 e. The molecule has 148 valence electrons. The van der Waals surface area contributed by atoms with Gasteiger partial charge in [0.25, 0.3) is 5.91 Å². The van der Waals surface area contributed by atoms with Crippen LogP contribution in [0.15, 0.2) is 24.3 Å². The highest BCUT2D eigenvalue weighted by atomic mass is 35.5. The first-order valence-electron chi connectivity index (χ1n) is 7.99. The van der Waals surface area contributed by atoms with Crippen LogP contribution in [-0.4, -0.2) is 61.9 Å². The minimum atomic E-state index is -4.42. The summed E-state index contributed by atoms with van der Waals surface area (Å²) in [5, 5.41) is 5.67. The van der Waals surface area contributed by atoms with Gasteiger partial charge in [-0.1, -0.05) is 23.7 Å². The molecule has 1 aromatic carbocycles. The van der Waals surface area contributed by atoms with E-state index in [1.54, 1.807) is 24.3 Å². The molecule has 0 saturated carbocycles. The zero-order valence-corrected chi connectivity index (χ0v) is 15.8. The van der Waals surface area contributed by atoms with Gasteiger partial charge in [0.05, 0.1) is 5.02 Å². The maximum absolute atomic E-state index is 13.3. The third-order valence-electron chi connectivity index (χ3n) is 3.95. The highest BCUT2D eigenvalue weighted by Gasteiger charge is 2.44. The summed E-state index contributed by atoms with van der Waals surface area (Å²) >= 11 is 5.94. The summed E-state index contributed by atoms with van der Waals surface area (Å²) < 4.78 is 45.3. The summed E-state index contributed by atoms with van der Waals surface area (Å²) in [6.07, 6.45) is -5.38. The number of halogens is 5. The van der Waals surface area contributed by atoms with Crippen molar-refractivity contribution in [3.8, 4) is 5.75 Å². The first-order valence-corrected chi connectivity index (χ1v) is 8.37. The molecule has 1 aromatic rings.